The van der Waals surface area contributed by atoms with Gasteiger partial charge < -0.3 is 0 Å². The maximum absolute atomic E-state index is 4.36. The van der Waals surface area contributed by atoms with Crippen molar-refractivity contribution in [3.8, 4) is 65.4 Å². The molecule has 0 saturated heterocycles. The maximum atomic E-state index is 4.36. The van der Waals surface area contributed by atoms with E-state index in [9.17, 15) is 0 Å². The lowest BCUT2D eigenvalue weighted by molar-refractivity contribution is 1.42. The molecule has 9 aromatic rings. The van der Waals surface area contributed by atoms with Gasteiger partial charge in [0.1, 0.15) is 0 Å². The maximum Gasteiger partial charge on any atom is 0.0797 e. The number of nitrogens with zero attached hydrogens (tertiary/aromatic N) is 2. The predicted octanol–water partition coefficient (Wildman–Crippen LogP) is 12.9. The Bertz CT molecular complexity index is 2530. The fourth-order valence-corrected chi connectivity index (χ4v) is 8.08. The summed E-state index contributed by atoms with van der Waals surface area (Å²) in [5.41, 5.74) is 15.9. The lowest BCUT2D eigenvalue weighted by Gasteiger charge is -2.19. The normalized spacial score (nSPS) is 11.3. The highest BCUT2D eigenvalue weighted by molar-refractivity contribution is 7.13. The summed E-state index contributed by atoms with van der Waals surface area (Å²) < 4.78 is 0. The number of fused-ring (bicyclic) bond motifs is 2. The molecule has 0 aliphatic rings. The first-order valence-electron chi connectivity index (χ1n) is 15.9. The molecule has 0 amide bonds. The quantitative estimate of drug-likeness (QED) is 0.168. The lowest BCUT2D eigenvalue weighted by Crippen LogP contribution is -1.92. The van der Waals surface area contributed by atoms with Gasteiger partial charge in [0.2, 0.25) is 0 Å². The Kier molecular flexibility index (Phi) is 7.23. The molecule has 0 aliphatic heterocycles. The van der Waals surface area contributed by atoms with E-state index in [0.29, 0.717) is 0 Å². The van der Waals surface area contributed by atoms with Crippen LogP contribution in [0.25, 0.3) is 86.9 Å². The van der Waals surface area contributed by atoms with Gasteiger partial charge in [-0.1, -0.05) is 127 Å². The second kappa shape index (κ2) is 12.2. The van der Waals surface area contributed by atoms with Crippen LogP contribution in [-0.4, -0.2) is 9.97 Å². The third kappa shape index (κ3) is 5.12. The summed E-state index contributed by atoms with van der Waals surface area (Å²) in [6, 6.07) is 53.2. The zero-order chi connectivity index (χ0) is 31.9. The average molecular weight is 649 g/mol. The topological polar surface area (TPSA) is 25.8 Å². The molecule has 0 atom stereocenters. The Morgan fingerprint density at radius 3 is 1.31 bits per heavy atom. The van der Waals surface area contributed by atoms with E-state index in [0.717, 1.165) is 0 Å². The van der Waals surface area contributed by atoms with Gasteiger partial charge in [-0.15, -0.1) is 22.7 Å². The van der Waals surface area contributed by atoms with Crippen LogP contribution in [0.4, 0.5) is 0 Å². The fraction of sp³-hybridized carbons (Fsp3) is 0. The monoisotopic (exact) mass is 648 g/mol. The summed E-state index contributed by atoms with van der Waals surface area (Å²) in [4.78, 5) is 11.0. The third-order valence-corrected chi connectivity index (χ3v) is 10.7. The number of hydrogen-bond donors (Lipinski definition) is 0. The molecule has 0 bridgehead atoms. The first-order chi connectivity index (χ1) is 23.8. The van der Waals surface area contributed by atoms with Crippen LogP contribution in [0.15, 0.2) is 169 Å². The summed E-state index contributed by atoms with van der Waals surface area (Å²) in [5.74, 6) is 0. The Balaban J connectivity index is 1.30. The van der Waals surface area contributed by atoms with Crippen molar-refractivity contribution in [3.63, 3.8) is 0 Å². The van der Waals surface area contributed by atoms with Crippen molar-refractivity contribution in [2.45, 2.75) is 0 Å². The van der Waals surface area contributed by atoms with Gasteiger partial charge in [-0.3, -0.25) is 9.97 Å². The number of benzene rings is 7. The van der Waals surface area contributed by atoms with E-state index < -0.39 is 0 Å². The Labute approximate surface area is 287 Å². The number of aromatic nitrogens is 2. The van der Waals surface area contributed by atoms with E-state index in [1.165, 1.54) is 86.9 Å². The van der Waals surface area contributed by atoms with Crippen molar-refractivity contribution in [2.24, 2.45) is 0 Å². The highest BCUT2D eigenvalue weighted by Gasteiger charge is 2.19. The van der Waals surface area contributed by atoms with E-state index in [4.69, 9.17) is 0 Å². The van der Waals surface area contributed by atoms with Crippen molar-refractivity contribution in [1.29, 1.82) is 0 Å². The number of hydrogen-bond acceptors (Lipinski definition) is 4. The van der Waals surface area contributed by atoms with Gasteiger partial charge in [0, 0.05) is 12.4 Å². The van der Waals surface area contributed by atoms with Crippen molar-refractivity contribution in [3.05, 3.63) is 169 Å². The standard InChI is InChI=1S/C44H28N2S2/c1-2-8-29(9-3-1)30-16-18-31(19-17-30)32-20-21-39-40(24-32)44(36-13-7-11-34(23-36)42-26-46-28-48-42)38-15-5-4-14-37(38)43(39)35-12-6-10-33(22-35)41-25-45-27-47-41/h1-28H. The first-order valence-corrected chi connectivity index (χ1v) is 17.7. The van der Waals surface area contributed by atoms with Crippen molar-refractivity contribution in [2.75, 3.05) is 0 Å². The Morgan fingerprint density at radius 1 is 0.312 bits per heavy atom. The van der Waals surface area contributed by atoms with E-state index >= 15 is 0 Å². The summed E-state index contributed by atoms with van der Waals surface area (Å²) in [7, 11) is 0. The molecule has 226 valence electrons. The molecule has 0 fully saturated rings. The van der Waals surface area contributed by atoms with E-state index in [1.807, 2.05) is 23.4 Å². The molecule has 9 rings (SSSR count). The van der Waals surface area contributed by atoms with E-state index in [-0.39, 0.29) is 0 Å². The predicted molar refractivity (Wildman–Crippen MR) is 205 cm³/mol. The van der Waals surface area contributed by atoms with E-state index in [2.05, 4.69) is 156 Å². The minimum atomic E-state index is 1.17. The molecule has 48 heavy (non-hydrogen) atoms. The third-order valence-electron chi connectivity index (χ3n) is 9.09. The van der Waals surface area contributed by atoms with Crippen LogP contribution in [0.5, 0.6) is 0 Å². The first kappa shape index (κ1) is 28.5. The molecule has 0 radical (unpaired) electrons. The van der Waals surface area contributed by atoms with Crippen LogP contribution >= 0.6 is 22.7 Å². The van der Waals surface area contributed by atoms with Gasteiger partial charge in [-0.05, 0) is 95.4 Å². The van der Waals surface area contributed by atoms with Crippen LogP contribution < -0.4 is 0 Å². The molecule has 4 heteroatoms. The van der Waals surface area contributed by atoms with Gasteiger partial charge in [0.05, 0.1) is 20.8 Å². The average Bonchev–Trinajstić information content (AvgIpc) is 3.90. The molecule has 7 aromatic carbocycles. The molecule has 0 aliphatic carbocycles. The molecular formula is C44H28N2S2. The van der Waals surface area contributed by atoms with Crippen molar-refractivity contribution >= 4 is 44.2 Å². The molecule has 0 unspecified atom stereocenters. The van der Waals surface area contributed by atoms with Crippen molar-refractivity contribution in [1.82, 2.24) is 9.97 Å². The van der Waals surface area contributed by atoms with Crippen LogP contribution in [-0.2, 0) is 0 Å². The van der Waals surface area contributed by atoms with Crippen LogP contribution in [0, 0.1) is 0 Å². The molecule has 0 spiro atoms. The summed E-state index contributed by atoms with van der Waals surface area (Å²) in [5, 5.41) is 4.95. The Hall–Kier alpha value is -5.68. The summed E-state index contributed by atoms with van der Waals surface area (Å²) in [6.45, 7) is 0. The minimum absolute atomic E-state index is 1.17. The number of rotatable bonds is 6. The van der Waals surface area contributed by atoms with Gasteiger partial charge in [0.25, 0.3) is 0 Å². The molecule has 2 aromatic heterocycles. The minimum Gasteiger partial charge on any atom is -0.252 e. The van der Waals surface area contributed by atoms with E-state index in [1.54, 1.807) is 22.7 Å². The second-order valence-corrected chi connectivity index (χ2v) is 13.7. The van der Waals surface area contributed by atoms with Crippen LogP contribution in [0.1, 0.15) is 0 Å². The Morgan fingerprint density at radius 2 is 0.750 bits per heavy atom. The summed E-state index contributed by atoms with van der Waals surface area (Å²) in [6.07, 6.45) is 3.91. The van der Waals surface area contributed by atoms with Gasteiger partial charge >= 0.3 is 0 Å². The lowest BCUT2D eigenvalue weighted by atomic mass is 9.84. The fourth-order valence-electron chi connectivity index (χ4n) is 6.84. The smallest absolute Gasteiger partial charge is 0.0797 e. The van der Waals surface area contributed by atoms with Crippen molar-refractivity contribution < 1.29 is 0 Å². The van der Waals surface area contributed by atoms with Crippen LogP contribution in [0.2, 0.25) is 0 Å². The van der Waals surface area contributed by atoms with Gasteiger partial charge in [0.15, 0.2) is 0 Å². The zero-order valence-corrected chi connectivity index (χ0v) is 27.5. The highest BCUT2D eigenvalue weighted by atomic mass is 32.1. The molecule has 2 nitrogen and oxygen atoms in total. The molecule has 0 N–H and O–H groups in total. The van der Waals surface area contributed by atoms with Gasteiger partial charge in [-0.2, -0.15) is 0 Å². The zero-order valence-electron chi connectivity index (χ0n) is 25.9. The molecular weight excluding hydrogens is 621 g/mol. The summed E-state index contributed by atoms with van der Waals surface area (Å²) >= 11 is 3.34. The van der Waals surface area contributed by atoms with Crippen LogP contribution in [0.3, 0.4) is 0 Å². The number of thiazole rings is 2. The highest BCUT2D eigenvalue weighted by Crippen LogP contribution is 2.46. The molecule has 2 heterocycles. The largest absolute Gasteiger partial charge is 0.252 e. The molecule has 0 saturated carbocycles. The van der Waals surface area contributed by atoms with Gasteiger partial charge in [-0.25, -0.2) is 0 Å². The SMILES string of the molecule is c1ccc(-c2ccc(-c3ccc4c(-c5cccc(-c6cncs6)c5)c5ccccc5c(-c5cccc(-c6cncs6)c5)c4c3)cc2)cc1. The second-order valence-electron chi connectivity index (χ2n) is 11.9.